The van der Waals surface area contributed by atoms with Gasteiger partial charge < -0.3 is 0 Å². The molecule has 3 rings (SSSR count). The Kier molecular flexibility index (Phi) is 2.94. The first-order chi connectivity index (χ1) is 8.83. The number of hydrogen-bond acceptors (Lipinski definition) is 3. The lowest BCUT2D eigenvalue weighted by Gasteiger charge is -2.13. The second kappa shape index (κ2) is 4.74. The number of hydrogen-bond donors (Lipinski definition) is 1. The molecule has 3 nitrogen and oxygen atoms in total. The Bertz CT molecular complexity index is 554. The normalized spacial score (nSPS) is 14.7. The molecule has 0 saturated carbocycles. The van der Waals surface area contributed by atoms with Gasteiger partial charge >= 0.3 is 0 Å². The molecule has 0 aliphatic carbocycles. The van der Waals surface area contributed by atoms with E-state index in [-0.39, 0.29) is 5.91 Å². The molecule has 18 heavy (non-hydrogen) atoms. The van der Waals surface area contributed by atoms with E-state index in [1.807, 2.05) is 34.6 Å². The Balaban J connectivity index is 1.83. The summed E-state index contributed by atoms with van der Waals surface area (Å²) in [5, 5.41) is 0. The topological polar surface area (TPSA) is 32.3 Å². The SMILES string of the molecule is O=C1CN(c2ccc(-c3ccccc3)cc2)SN1. The van der Waals surface area contributed by atoms with Crippen LogP contribution in [-0.4, -0.2) is 12.5 Å². The van der Waals surface area contributed by atoms with Gasteiger partial charge in [0.2, 0.25) is 0 Å². The number of benzene rings is 2. The predicted octanol–water partition coefficient (Wildman–Crippen LogP) is 2.85. The van der Waals surface area contributed by atoms with Crippen molar-refractivity contribution in [1.29, 1.82) is 0 Å². The Morgan fingerprint density at radius 2 is 1.61 bits per heavy atom. The number of nitrogens with zero attached hydrogens (tertiary/aromatic N) is 1. The van der Waals surface area contributed by atoms with Crippen molar-refractivity contribution in [2.24, 2.45) is 0 Å². The number of nitrogens with one attached hydrogen (secondary N) is 1. The quantitative estimate of drug-likeness (QED) is 0.839. The third-order valence-corrected chi connectivity index (χ3v) is 3.70. The van der Waals surface area contributed by atoms with Crippen LogP contribution in [0.2, 0.25) is 0 Å². The third kappa shape index (κ3) is 2.19. The molecule has 0 spiro atoms. The van der Waals surface area contributed by atoms with E-state index in [1.165, 1.54) is 23.3 Å². The summed E-state index contributed by atoms with van der Waals surface area (Å²) in [6, 6.07) is 18.5. The van der Waals surface area contributed by atoms with Gasteiger partial charge in [0, 0.05) is 5.69 Å². The molecule has 1 heterocycles. The van der Waals surface area contributed by atoms with Gasteiger partial charge in [0.05, 0.1) is 12.1 Å². The molecule has 0 unspecified atom stereocenters. The summed E-state index contributed by atoms with van der Waals surface area (Å²) < 4.78 is 4.66. The highest BCUT2D eigenvalue weighted by molar-refractivity contribution is 7.99. The monoisotopic (exact) mass is 256 g/mol. The van der Waals surface area contributed by atoms with Crippen LogP contribution in [0.3, 0.4) is 0 Å². The number of anilines is 1. The summed E-state index contributed by atoms with van der Waals surface area (Å²) >= 11 is 1.34. The fourth-order valence-electron chi connectivity index (χ4n) is 1.90. The van der Waals surface area contributed by atoms with E-state index in [0.717, 1.165) is 5.69 Å². The van der Waals surface area contributed by atoms with Crippen LogP contribution in [0.25, 0.3) is 11.1 Å². The summed E-state index contributed by atoms with van der Waals surface area (Å²) in [5.41, 5.74) is 3.42. The second-order valence-electron chi connectivity index (χ2n) is 4.07. The summed E-state index contributed by atoms with van der Waals surface area (Å²) in [4.78, 5) is 11.1. The minimum Gasteiger partial charge on any atom is -0.289 e. The van der Waals surface area contributed by atoms with Crippen molar-refractivity contribution in [3.05, 3.63) is 54.6 Å². The molecular formula is C14H12N2OS. The van der Waals surface area contributed by atoms with E-state index >= 15 is 0 Å². The van der Waals surface area contributed by atoms with Gasteiger partial charge in [-0.1, -0.05) is 42.5 Å². The fourth-order valence-corrected chi connectivity index (χ4v) is 2.58. The Morgan fingerprint density at radius 3 is 2.22 bits per heavy atom. The van der Waals surface area contributed by atoms with Gasteiger partial charge in [0.25, 0.3) is 5.91 Å². The lowest BCUT2D eigenvalue weighted by atomic mass is 10.1. The first-order valence-corrected chi connectivity index (χ1v) is 6.49. The van der Waals surface area contributed by atoms with Gasteiger partial charge in [-0.05, 0) is 23.3 Å². The number of carbonyl (C=O) groups is 1. The number of carbonyl (C=O) groups excluding carboxylic acids is 1. The zero-order valence-corrected chi connectivity index (χ0v) is 10.5. The molecule has 1 aliphatic heterocycles. The van der Waals surface area contributed by atoms with Gasteiger partial charge in [-0.25, -0.2) is 0 Å². The van der Waals surface area contributed by atoms with E-state index in [0.29, 0.717) is 6.54 Å². The van der Waals surface area contributed by atoms with Crippen LogP contribution in [0.5, 0.6) is 0 Å². The number of rotatable bonds is 2. The predicted molar refractivity (Wildman–Crippen MR) is 75.0 cm³/mol. The van der Waals surface area contributed by atoms with Gasteiger partial charge in [-0.3, -0.25) is 13.8 Å². The summed E-state index contributed by atoms with van der Waals surface area (Å²) in [6.07, 6.45) is 0. The van der Waals surface area contributed by atoms with E-state index in [9.17, 15) is 4.79 Å². The summed E-state index contributed by atoms with van der Waals surface area (Å²) in [5.74, 6) is 0.0483. The minimum atomic E-state index is 0.0483. The molecule has 0 aromatic heterocycles. The van der Waals surface area contributed by atoms with Gasteiger partial charge in [0.15, 0.2) is 0 Å². The minimum absolute atomic E-state index is 0.0483. The standard InChI is InChI=1S/C14H12N2OS/c17-14-10-16(18-15-14)13-8-6-12(7-9-13)11-4-2-1-3-5-11/h1-9H,10H2,(H,15,17). The molecule has 0 atom stereocenters. The van der Waals surface area contributed by atoms with E-state index in [2.05, 4.69) is 29.0 Å². The first-order valence-electron chi connectivity index (χ1n) is 5.72. The molecule has 90 valence electrons. The van der Waals surface area contributed by atoms with Crippen molar-refractivity contribution in [2.75, 3.05) is 10.8 Å². The summed E-state index contributed by atoms with van der Waals surface area (Å²) in [6.45, 7) is 0.412. The highest BCUT2D eigenvalue weighted by atomic mass is 32.2. The molecule has 1 fully saturated rings. The zero-order chi connectivity index (χ0) is 12.4. The van der Waals surface area contributed by atoms with E-state index in [4.69, 9.17) is 0 Å². The molecule has 1 saturated heterocycles. The van der Waals surface area contributed by atoms with Gasteiger partial charge in [-0.15, -0.1) is 0 Å². The van der Waals surface area contributed by atoms with Crippen LogP contribution in [0.4, 0.5) is 5.69 Å². The zero-order valence-electron chi connectivity index (χ0n) is 9.67. The highest BCUT2D eigenvalue weighted by Crippen LogP contribution is 2.27. The molecule has 2 aromatic rings. The Hall–Kier alpha value is -1.94. The lowest BCUT2D eigenvalue weighted by molar-refractivity contribution is -0.117. The Morgan fingerprint density at radius 1 is 0.944 bits per heavy atom. The van der Waals surface area contributed by atoms with Crippen molar-refractivity contribution >= 4 is 23.7 Å². The van der Waals surface area contributed by atoms with Crippen LogP contribution < -0.4 is 9.03 Å². The molecule has 0 bridgehead atoms. The van der Waals surface area contributed by atoms with Crippen molar-refractivity contribution < 1.29 is 4.79 Å². The van der Waals surface area contributed by atoms with E-state index in [1.54, 1.807) is 0 Å². The number of amides is 1. The maximum absolute atomic E-state index is 11.1. The lowest BCUT2D eigenvalue weighted by Crippen LogP contribution is -2.15. The third-order valence-electron chi connectivity index (χ3n) is 2.82. The largest absolute Gasteiger partial charge is 0.289 e. The van der Waals surface area contributed by atoms with Crippen molar-refractivity contribution in [3.8, 4) is 11.1 Å². The fraction of sp³-hybridized carbons (Fsp3) is 0.0714. The van der Waals surface area contributed by atoms with Crippen LogP contribution >= 0.6 is 12.1 Å². The second-order valence-corrected chi connectivity index (χ2v) is 4.89. The van der Waals surface area contributed by atoms with Crippen molar-refractivity contribution in [2.45, 2.75) is 0 Å². The van der Waals surface area contributed by atoms with Crippen LogP contribution in [-0.2, 0) is 4.79 Å². The van der Waals surface area contributed by atoms with Crippen LogP contribution in [0, 0.1) is 0 Å². The van der Waals surface area contributed by atoms with Crippen molar-refractivity contribution in [1.82, 2.24) is 4.72 Å². The van der Waals surface area contributed by atoms with Gasteiger partial charge in [-0.2, -0.15) is 0 Å². The average molecular weight is 256 g/mol. The van der Waals surface area contributed by atoms with Crippen LogP contribution in [0.1, 0.15) is 0 Å². The average Bonchev–Trinajstić information content (AvgIpc) is 2.87. The molecule has 1 N–H and O–H groups in total. The maximum atomic E-state index is 11.1. The maximum Gasteiger partial charge on any atom is 0.251 e. The van der Waals surface area contributed by atoms with E-state index < -0.39 is 0 Å². The smallest absolute Gasteiger partial charge is 0.251 e. The molecular weight excluding hydrogens is 244 g/mol. The van der Waals surface area contributed by atoms with Gasteiger partial charge in [0.1, 0.15) is 6.54 Å². The van der Waals surface area contributed by atoms with Crippen molar-refractivity contribution in [3.63, 3.8) is 0 Å². The Labute approximate surface area is 110 Å². The molecule has 4 heteroatoms. The highest BCUT2D eigenvalue weighted by Gasteiger charge is 2.20. The van der Waals surface area contributed by atoms with Crippen LogP contribution in [0.15, 0.2) is 54.6 Å². The first kappa shape index (κ1) is 11.2. The molecule has 1 aliphatic rings. The molecule has 1 amide bonds. The molecule has 0 radical (unpaired) electrons. The molecule has 2 aromatic carbocycles. The summed E-state index contributed by atoms with van der Waals surface area (Å²) in [7, 11) is 0.